The van der Waals surface area contributed by atoms with E-state index in [1.54, 1.807) is 0 Å². The van der Waals surface area contributed by atoms with Gasteiger partial charge in [0.25, 0.3) is 0 Å². The average Bonchev–Trinajstić information content (AvgIpc) is 2.62. The van der Waals surface area contributed by atoms with Gasteiger partial charge in [0.1, 0.15) is 0 Å². The van der Waals surface area contributed by atoms with Crippen LogP contribution in [0.3, 0.4) is 0 Å². The van der Waals surface area contributed by atoms with Crippen LogP contribution in [0.25, 0.3) is 33.0 Å². The maximum Gasteiger partial charge on any atom is 0.0175 e. The van der Waals surface area contributed by atoms with Crippen LogP contribution in [0.1, 0.15) is 0 Å². The molecule has 4 aromatic rings. The standard InChI is InChI=1S/C22H15Br/c23-19-14-12-17(13-15-19)21-11-5-9-18-8-4-10-20(22(18)21)16-6-2-1-3-7-16/h1-15H. The normalized spacial score (nSPS) is 10.8. The molecular weight excluding hydrogens is 344 g/mol. The quantitative estimate of drug-likeness (QED) is 0.364. The lowest BCUT2D eigenvalue weighted by atomic mass is 9.91. The minimum atomic E-state index is 1.10. The first-order valence-electron chi connectivity index (χ1n) is 7.66. The Morgan fingerprint density at radius 3 is 1.65 bits per heavy atom. The Morgan fingerprint density at radius 1 is 0.478 bits per heavy atom. The molecule has 0 radical (unpaired) electrons. The van der Waals surface area contributed by atoms with Gasteiger partial charge in [0.15, 0.2) is 0 Å². The molecule has 0 saturated heterocycles. The first-order chi connectivity index (χ1) is 11.3. The summed E-state index contributed by atoms with van der Waals surface area (Å²) in [5.41, 5.74) is 5.04. The van der Waals surface area contributed by atoms with Crippen LogP contribution < -0.4 is 0 Å². The highest BCUT2D eigenvalue weighted by molar-refractivity contribution is 9.10. The van der Waals surface area contributed by atoms with Crippen LogP contribution in [-0.2, 0) is 0 Å². The smallest absolute Gasteiger partial charge is 0.0175 e. The summed E-state index contributed by atoms with van der Waals surface area (Å²) in [5, 5.41) is 2.58. The Balaban J connectivity index is 2.04. The van der Waals surface area contributed by atoms with Crippen molar-refractivity contribution >= 4 is 26.7 Å². The molecule has 0 N–H and O–H groups in total. The van der Waals surface area contributed by atoms with Crippen LogP contribution >= 0.6 is 15.9 Å². The van der Waals surface area contributed by atoms with Crippen LogP contribution in [0.4, 0.5) is 0 Å². The van der Waals surface area contributed by atoms with Crippen molar-refractivity contribution in [2.75, 3.05) is 0 Å². The summed E-state index contributed by atoms with van der Waals surface area (Å²) in [6.45, 7) is 0. The number of hydrogen-bond donors (Lipinski definition) is 0. The molecule has 23 heavy (non-hydrogen) atoms. The average molecular weight is 359 g/mol. The van der Waals surface area contributed by atoms with E-state index in [1.165, 1.54) is 33.0 Å². The molecule has 0 bridgehead atoms. The number of fused-ring (bicyclic) bond motifs is 1. The van der Waals surface area contributed by atoms with E-state index in [2.05, 4.69) is 107 Å². The molecule has 110 valence electrons. The predicted molar refractivity (Wildman–Crippen MR) is 103 cm³/mol. The summed E-state index contributed by atoms with van der Waals surface area (Å²) in [4.78, 5) is 0. The fourth-order valence-corrected chi connectivity index (χ4v) is 3.33. The number of rotatable bonds is 2. The fraction of sp³-hybridized carbons (Fsp3) is 0. The number of halogens is 1. The summed E-state index contributed by atoms with van der Waals surface area (Å²) in [5.74, 6) is 0. The Bertz CT molecular complexity index is 949. The van der Waals surface area contributed by atoms with Crippen LogP contribution in [0, 0.1) is 0 Å². The molecule has 4 aromatic carbocycles. The zero-order chi connectivity index (χ0) is 15.6. The molecular formula is C22H15Br. The second-order valence-electron chi connectivity index (χ2n) is 5.58. The van der Waals surface area contributed by atoms with Gasteiger partial charge in [-0.05, 0) is 45.2 Å². The van der Waals surface area contributed by atoms with Crippen molar-refractivity contribution in [1.82, 2.24) is 0 Å². The van der Waals surface area contributed by atoms with Gasteiger partial charge in [-0.25, -0.2) is 0 Å². The van der Waals surface area contributed by atoms with Crippen LogP contribution in [-0.4, -0.2) is 0 Å². The van der Waals surface area contributed by atoms with Gasteiger partial charge in [0.05, 0.1) is 0 Å². The maximum atomic E-state index is 3.52. The van der Waals surface area contributed by atoms with Crippen LogP contribution in [0.5, 0.6) is 0 Å². The molecule has 0 nitrogen and oxygen atoms in total. The molecule has 0 saturated carbocycles. The minimum absolute atomic E-state index is 1.10. The predicted octanol–water partition coefficient (Wildman–Crippen LogP) is 6.94. The van der Waals surface area contributed by atoms with Crippen LogP contribution in [0.2, 0.25) is 0 Å². The SMILES string of the molecule is Brc1ccc(-c2cccc3cccc(-c4ccccc4)c23)cc1. The molecule has 0 atom stereocenters. The van der Waals surface area contributed by atoms with Crippen molar-refractivity contribution in [2.24, 2.45) is 0 Å². The summed E-state index contributed by atoms with van der Waals surface area (Å²) in [6.07, 6.45) is 0. The molecule has 0 heterocycles. The molecule has 0 spiro atoms. The molecule has 0 amide bonds. The second-order valence-corrected chi connectivity index (χ2v) is 6.50. The Labute approximate surface area is 144 Å². The fourth-order valence-electron chi connectivity index (χ4n) is 3.07. The lowest BCUT2D eigenvalue weighted by molar-refractivity contribution is 1.61. The third kappa shape index (κ3) is 2.69. The van der Waals surface area contributed by atoms with E-state index in [1.807, 2.05) is 0 Å². The Morgan fingerprint density at radius 2 is 1.04 bits per heavy atom. The molecule has 0 aliphatic heterocycles. The third-order valence-electron chi connectivity index (χ3n) is 4.14. The molecule has 0 aromatic heterocycles. The number of benzene rings is 4. The summed E-state index contributed by atoms with van der Waals surface area (Å²) in [7, 11) is 0. The molecule has 4 rings (SSSR count). The molecule has 0 aliphatic rings. The lowest BCUT2D eigenvalue weighted by Crippen LogP contribution is -1.86. The van der Waals surface area contributed by atoms with Crippen molar-refractivity contribution in [2.45, 2.75) is 0 Å². The first kappa shape index (κ1) is 14.2. The summed E-state index contributed by atoms with van der Waals surface area (Å²) >= 11 is 3.52. The van der Waals surface area contributed by atoms with Gasteiger partial charge in [-0.1, -0.05) is 94.8 Å². The van der Waals surface area contributed by atoms with Gasteiger partial charge >= 0.3 is 0 Å². The van der Waals surface area contributed by atoms with Gasteiger partial charge in [-0.15, -0.1) is 0 Å². The van der Waals surface area contributed by atoms with E-state index >= 15 is 0 Å². The topological polar surface area (TPSA) is 0 Å². The lowest BCUT2D eigenvalue weighted by Gasteiger charge is -2.12. The highest BCUT2D eigenvalue weighted by Crippen LogP contribution is 2.36. The summed E-state index contributed by atoms with van der Waals surface area (Å²) < 4.78 is 1.10. The van der Waals surface area contributed by atoms with Crippen molar-refractivity contribution in [1.29, 1.82) is 0 Å². The largest absolute Gasteiger partial charge is 0.0622 e. The van der Waals surface area contributed by atoms with E-state index in [0.29, 0.717) is 0 Å². The monoisotopic (exact) mass is 358 g/mol. The summed E-state index contributed by atoms with van der Waals surface area (Å²) in [6, 6.07) is 32.2. The molecule has 0 unspecified atom stereocenters. The van der Waals surface area contributed by atoms with Gasteiger partial charge in [-0.3, -0.25) is 0 Å². The van der Waals surface area contributed by atoms with E-state index in [-0.39, 0.29) is 0 Å². The zero-order valence-electron chi connectivity index (χ0n) is 12.5. The second kappa shape index (κ2) is 6.02. The highest BCUT2D eigenvalue weighted by atomic mass is 79.9. The number of hydrogen-bond acceptors (Lipinski definition) is 0. The van der Waals surface area contributed by atoms with Crippen molar-refractivity contribution < 1.29 is 0 Å². The third-order valence-corrected chi connectivity index (χ3v) is 4.67. The van der Waals surface area contributed by atoms with Crippen molar-refractivity contribution in [3.05, 3.63) is 95.5 Å². The van der Waals surface area contributed by atoms with E-state index in [9.17, 15) is 0 Å². The zero-order valence-corrected chi connectivity index (χ0v) is 14.1. The molecule has 0 fully saturated rings. The minimum Gasteiger partial charge on any atom is -0.0622 e. The van der Waals surface area contributed by atoms with Crippen molar-refractivity contribution in [3.8, 4) is 22.3 Å². The van der Waals surface area contributed by atoms with E-state index in [0.717, 1.165) is 4.47 Å². The van der Waals surface area contributed by atoms with Gasteiger partial charge < -0.3 is 0 Å². The molecule has 0 aliphatic carbocycles. The first-order valence-corrected chi connectivity index (χ1v) is 8.45. The van der Waals surface area contributed by atoms with Crippen molar-refractivity contribution in [3.63, 3.8) is 0 Å². The Hall–Kier alpha value is -2.38. The van der Waals surface area contributed by atoms with Gasteiger partial charge in [0.2, 0.25) is 0 Å². The molecule has 1 heteroatoms. The Kier molecular flexibility index (Phi) is 3.72. The van der Waals surface area contributed by atoms with E-state index in [4.69, 9.17) is 0 Å². The highest BCUT2D eigenvalue weighted by Gasteiger charge is 2.09. The van der Waals surface area contributed by atoms with E-state index < -0.39 is 0 Å². The van der Waals surface area contributed by atoms with Gasteiger partial charge in [-0.2, -0.15) is 0 Å². The van der Waals surface area contributed by atoms with Crippen LogP contribution in [0.15, 0.2) is 95.5 Å². The maximum absolute atomic E-state index is 3.52. The van der Waals surface area contributed by atoms with Gasteiger partial charge in [0, 0.05) is 4.47 Å².